The number of amides is 2. The van der Waals surface area contributed by atoms with Crippen LogP contribution in [0, 0.1) is 5.82 Å². The van der Waals surface area contributed by atoms with E-state index in [-0.39, 0.29) is 30.0 Å². The molecule has 2 aromatic rings. The van der Waals surface area contributed by atoms with E-state index in [1.54, 1.807) is 37.3 Å². The van der Waals surface area contributed by atoms with Gasteiger partial charge in [0.15, 0.2) is 11.9 Å². The van der Waals surface area contributed by atoms with Crippen LogP contribution in [0.2, 0.25) is 0 Å². The lowest BCUT2D eigenvalue weighted by molar-refractivity contribution is -0.128. The van der Waals surface area contributed by atoms with Crippen LogP contribution in [0.1, 0.15) is 29.8 Å². The number of benzene rings is 2. The largest absolute Gasteiger partial charge is 0.479 e. The second-order valence-corrected chi connectivity index (χ2v) is 6.65. The molecule has 1 unspecified atom stereocenters. The summed E-state index contributed by atoms with van der Waals surface area (Å²) in [5.41, 5.74) is 1.74. The van der Waals surface area contributed by atoms with E-state index in [4.69, 9.17) is 4.74 Å². The Balaban J connectivity index is 1.67. The molecule has 0 spiro atoms. The zero-order valence-electron chi connectivity index (χ0n) is 15.7. The van der Waals surface area contributed by atoms with Crippen LogP contribution < -0.4 is 15.0 Å². The summed E-state index contributed by atoms with van der Waals surface area (Å²) in [5.74, 6) is -0.671. The molecule has 0 saturated carbocycles. The fourth-order valence-electron chi connectivity index (χ4n) is 2.99. The first-order chi connectivity index (χ1) is 13.3. The highest BCUT2D eigenvalue weighted by Gasteiger charge is 2.33. The van der Waals surface area contributed by atoms with E-state index in [1.807, 2.05) is 0 Å². The summed E-state index contributed by atoms with van der Waals surface area (Å²) < 4.78 is 18.5. The zero-order valence-corrected chi connectivity index (χ0v) is 15.7. The lowest BCUT2D eigenvalue weighted by atomic mass is 10.1. The number of anilines is 1. The van der Waals surface area contributed by atoms with Crippen molar-refractivity contribution < 1.29 is 23.5 Å². The molecule has 0 aliphatic carbocycles. The van der Waals surface area contributed by atoms with Gasteiger partial charge in [-0.2, -0.15) is 0 Å². The number of nitrogens with zero attached hydrogens (tertiary/aromatic N) is 1. The molecule has 2 amide bonds. The number of carbonyl (C=O) groups excluding carboxylic acids is 3. The van der Waals surface area contributed by atoms with E-state index in [1.165, 1.54) is 24.0 Å². The number of Topliss-reactive ketones (excluding diaryl/α,β-unsaturated/α-hetero) is 1. The number of hydrogen-bond acceptors (Lipinski definition) is 4. The van der Waals surface area contributed by atoms with Crippen LogP contribution in [0.5, 0.6) is 5.75 Å². The first kappa shape index (κ1) is 19.5. The number of carbonyl (C=O) groups is 3. The van der Waals surface area contributed by atoms with Crippen LogP contribution in [0.3, 0.4) is 0 Å². The number of halogens is 1. The van der Waals surface area contributed by atoms with Crippen molar-refractivity contribution in [2.45, 2.75) is 26.4 Å². The Labute approximate surface area is 162 Å². The molecule has 28 heavy (non-hydrogen) atoms. The van der Waals surface area contributed by atoms with E-state index >= 15 is 0 Å². The minimum atomic E-state index is -0.720. The Hall–Kier alpha value is -3.22. The maximum Gasteiger partial charge on any atom is 0.268 e. The minimum Gasteiger partial charge on any atom is -0.479 e. The van der Waals surface area contributed by atoms with Crippen LogP contribution in [0.15, 0.2) is 42.5 Å². The molecule has 1 heterocycles. The van der Waals surface area contributed by atoms with Crippen LogP contribution in [0.4, 0.5) is 10.1 Å². The summed E-state index contributed by atoms with van der Waals surface area (Å²) in [7, 11) is 0. The van der Waals surface area contributed by atoms with Gasteiger partial charge in [0.05, 0.1) is 5.69 Å². The highest BCUT2D eigenvalue weighted by molar-refractivity contribution is 6.05. The number of hydrogen-bond donors (Lipinski definition) is 1. The van der Waals surface area contributed by atoms with Crippen molar-refractivity contribution in [3.63, 3.8) is 0 Å². The normalized spacial score (nSPS) is 15.6. The van der Waals surface area contributed by atoms with Gasteiger partial charge >= 0.3 is 0 Å². The highest BCUT2D eigenvalue weighted by Crippen LogP contribution is 2.34. The van der Waals surface area contributed by atoms with Gasteiger partial charge in [0.1, 0.15) is 18.1 Å². The zero-order chi connectivity index (χ0) is 20.3. The van der Waals surface area contributed by atoms with Gasteiger partial charge in [0, 0.05) is 12.1 Å². The Morgan fingerprint density at radius 3 is 2.57 bits per heavy atom. The van der Waals surface area contributed by atoms with Crippen LogP contribution in [0.25, 0.3) is 0 Å². The van der Waals surface area contributed by atoms with Crippen molar-refractivity contribution in [2.24, 2.45) is 0 Å². The molecule has 146 valence electrons. The molecule has 0 aromatic heterocycles. The summed E-state index contributed by atoms with van der Waals surface area (Å²) in [5, 5.41) is 2.76. The van der Waals surface area contributed by atoms with E-state index in [2.05, 4.69) is 5.32 Å². The van der Waals surface area contributed by atoms with Crippen molar-refractivity contribution in [3.05, 3.63) is 59.4 Å². The molecule has 0 fully saturated rings. The number of ether oxygens (including phenoxy) is 1. The maximum atomic E-state index is 12.9. The van der Waals surface area contributed by atoms with Gasteiger partial charge in [-0.25, -0.2) is 4.39 Å². The fraction of sp³-hybridized carbons (Fsp3) is 0.286. The molecule has 0 saturated heterocycles. The van der Waals surface area contributed by atoms with E-state index < -0.39 is 6.10 Å². The van der Waals surface area contributed by atoms with Crippen LogP contribution in [-0.4, -0.2) is 36.8 Å². The van der Waals surface area contributed by atoms with Gasteiger partial charge in [-0.1, -0.05) is 12.1 Å². The molecule has 1 aliphatic rings. The molecular formula is C21H21FN2O4. The summed E-state index contributed by atoms with van der Waals surface area (Å²) in [4.78, 5) is 37.9. The van der Waals surface area contributed by atoms with E-state index in [9.17, 15) is 18.8 Å². The van der Waals surface area contributed by atoms with Crippen molar-refractivity contribution >= 4 is 23.3 Å². The summed E-state index contributed by atoms with van der Waals surface area (Å²) >= 11 is 0. The topological polar surface area (TPSA) is 75.7 Å². The monoisotopic (exact) mass is 384 g/mol. The Bertz CT molecular complexity index is 911. The first-order valence-corrected chi connectivity index (χ1v) is 8.99. The van der Waals surface area contributed by atoms with Gasteiger partial charge in [-0.3, -0.25) is 19.3 Å². The molecule has 0 bridgehead atoms. The second kappa shape index (κ2) is 8.21. The molecule has 6 nitrogen and oxygen atoms in total. The predicted molar refractivity (Wildman–Crippen MR) is 102 cm³/mol. The average molecular weight is 384 g/mol. The third-order valence-electron chi connectivity index (χ3n) is 4.52. The average Bonchev–Trinajstić information content (AvgIpc) is 2.66. The molecule has 1 N–H and O–H groups in total. The molecule has 3 rings (SSSR count). The summed E-state index contributed by atoms with van der Waals surface area (Å²) in [6.07, 6.45) is -0.174. The quantitative estimate of drug-likeness (QED) is 0.777. The summed E-state index contributed by atoms with van der Waals surface area (Å²) in [6, 6.07) is 10.9. The molecule has 7 heteroatoms. The highest BCUT2D eigenvalue weighted by atomic mass is 19.1. The Morgan fingerprint density at radius 1 is 1.18 bits per heavy atom. The van der Waals surface area contributed by atoms with Crippen molar-refractivity contribution in [1.29, 1.82) is 0 Å². The van der Waals surface area contributed by atoms with Crippen LogP contribution >= 0.6 is 0 Å². The molecule has 1 aliphatic heterocycles. The smallest absolute Gasteiger partial charge is 0.268 e. The third-order valence-corrected chi connectivity index (χ3v) is 4.52. The standard InChI is InChI=1S/C21H21FN2O4/c1-13(25)16-5-8-19-18(11-16)24(21(27)14(2)28-19)12-20(26)23-10-9-15-3-6-17(22)7-4-15/h3-8,11,14H,9-10,12H2,1-2H3,(H,23,26). The Kier molecular flexibility index (Phi) is 5.73. The predicted octanol–water partition coefficient (Wildman–Crippen LogP) is 2.50. The number of rotatable bonds is 6. The maximum absolute atomic E-state index is 12.9. The van der Waals surface area contributed by atoms with Gasteiger partial charge in [-0.15, -0.1) is 0 Å². The lowest BCUT2D eigenvalue weighted by Gasteiger charge is -2.32. The van der Waals surface area contributed by atoms with Crippen molar-refractivity contribution in [2.75, 3.05) is 18.0 Å². The Morgan fingerprint density at radius 2 is 1.89 bits per heavy atom. The number of nitrogens with one attached hydrogen (secondary N) is 1. The van der Waals surface area contributed by atoms with Gasteiger partial charge in [-0.05, 0) is 56.2 Å². The van der Waals surface area contributed by atoms with Crippen molar-refractivity contribution in [1.82, 2.24) is 5.32 Å². The van der Waals surface area contributed by atoms with E-state index in [0.29, 0.717) is 30.0 Å². The third kappa shape index (κ3) is 4.36. The SMILES string of the molecule is CC(=O)c1ccc2c(c1)N(CC(=O)NCCc1ccc(F)cc1)C(=O)C(C)O2. The van der Waals surface area contributed by atoms with Crippen molar-refractivity contribution in [3.8, 4) is 5.75 Å². The molecule has 0 radical (unpaired) electrons. The summed E-state index contributed by atoms with van der Waals surface area (Å²) in [6.45, 7) is 3.23. The fourth-order valence-corrected chi connectivity index (χ4v) is 2.99. The molecule has 1 atom stereocenters. The number of fused-ring (bicyclic) bond motifs is 1. The lowest BCUT2D eigenvalue weighted by Crippen LogP contribution is -2.49. The van der Waals surface area contributed by atoms with E-state index in [0.717, 1.165) is 5.56 Å². The van der Waals surface area contributed by atoms with Crippen LogP contribution in [-0.2, 0) is 16.0 Å². The second-order valence-electron chi connectivity index (χ2n) is 6.65. The number of ketones is 1. The molecular weight excluding hydrogens is 363 g/mol. The minimum absolute atomic E-state index is 0.141. The molecule has 2 aromatic carbocycles. The van der Waals surface area contributed by atoms with Gasteiger partial charge in [0.2, 0.25) is 5.91 Å². The van der Waals surface area contributed by atoms with Gasteiger partial charge < -0.3 is 10.1 Å². The van der Waals surface area contributed by atoms with Gasteiger partial charge in [0.25, 0.3) is 5.91 Å². The first-order valence-electron chi connectivity index (χ1n) is 8.99.